The van der Waals surface area contributed by atoms with Gasteiger partial charge in [-0.2, -0.15) is 5.10 Å². The number of anilines is 1. The molecule has 0 radical (unpaired) electrons. The number of nitrogens with one attached hydrogen (secondary N) is 1. The highest BCUT2D eigenvalue weighted by atomic mass is 16.5. The Morgan fingerprint density at radius 3 is 2.91 bits per heavy atom. The van der Waals surface area contributed by atoms with Gasteiger partial charge in [0.05, 0.1) is 17.4 Å². The van der Waals surface area contributed by atoms with Crippen molar-refractivity contribution in [2.45, 2.75) is 25.7 Å². The van der Waals surface area contributed by atoms with Crippen molar-refractivity contribution in [3.05, 3.63) is 59.7 Å². The fourth-order valence-corrected chi connectivity index (χ4v) is 6.15. The third kappa shape index (κ3) is 2.94. The minimum Gasteiger partial charge on any atom is -0.361 e. The van der Waals surface area contributed by atoms with E-state index in [1.165, 1.54) is 0 Å². The van der Waals surface area contributed by atoms with Crippen LogP contribution in [-0.2, 0) is 5.41 Å². The molecule has 9 heteroatoms. The van der Waals surface area contributed by atoms with Gasteiger partial charge in [-0.1, -0.05) is 23.4 Å². The second-order valence-corrected chi connectivity index (χ2v) is 9.84. The summed E-state index contributed by atoms with van der Waals surface area (Å²) in [7, 11) is 0. The number of hydrogen-bond acceptors (Lipinski definition) is 8. The first kappa shape index (κ1) is 20.5. The van der Waals surface area contributed by atoms with E-state index in [1.54, 1.807) is 0 Å². The van der Waals surface area contributed by atoms with Gasteiger partial charge in [-0.25, -0.2) is 9.97 Å². The minimum atomic E-state index is -0.0913. The average molecular weight is 467 g/mol. The maximum atomic E-state index is 6.29. The number of piperidine rings is 1. The number of aromatic amines is 1. The summed E-state index contributed by atoms with van der Waals surface area (Å²) >= 11 is 0. The van der Waals surface area contributed by atoms with Crippen LogP contribution in [0.2, 0.25) is 0 Å². The first-order valence-corrected chi connectivity index (χ1v) is 12.0. The smallest absolute Gasteiger partial charge is 0.177 e. The Labute approximate surface area is 201 Å². The van der Waals surface area contributed by atoms with Crippen LogP contribution >= 0.6 is 0 Å². The van der Waals surface area contributed by atoms with Crippen molar-refractivity contribution in [3.8, 4) is 11.3 Å². The molecule has 5 heterocycles. The lowest BCUT2D eigenvalue weighted by Gasteiger charge is -2.26. The van der Waals surface area contributed by atoms with Crippen molar-refractivity contribution >= 4 is 27.9 Å². The summed E-state index contributed by atoms with van der Waals surface area (Å²) in [6.07, 6.45) is 2.91. The zero-order chi connectivity index (χ0) is 23.7. The van der Waals surface area contributed by atoms with E-state index >= 15 is 0 Å². The summed E-state index contributed by atoms with van der Waals surface area (Å²) in [5.74, 6) is 2.66. The first-order valence-electron chi connectivity index (χ1n) is 12.0. The van der Waals surface area contributed by atoms with Gasteiger partial charge in [-0.3, -0.25) is 10.1 Å². The molecule has 3 N–H and O–H groups in total. The Morgan fingerprint density at radius 2 is 2.09 bits per heavy atom. The van der Waals surface area contributed by atoms with Crippen molar-refractivity contribution in [2.24, 2.45) is 17.6 Å². The van der Waals surface area contributed by atoms with Gasteiger partial charge in [0.25, 0.3) is 0 Å². The minimum absolute atomic E-state index is 0.0913. The molecule has 1 aliphatic carbocycles. The van der Waals surface area contributed by atoms with Crippen LogP contribution in [0.15, 0.2) is 47.1 Å². The Hall–Kier alpha value is -3.85. The highest BCUT2D eigenvalue weighted by molar-refractivity contribution is 6.00. The molecule has 176 valence electrons. The average Bonchev–Trinajstić information content (AvgIpc) is 3.12. The summed E-state index contributed by atoms with van der Waals surface area (Å²) in [6.45, 7) is 6.30. The van der Waals surface area contributed by atoms with Crippen molar-refractivity contribution in [1.82, 2.24) is 30.3 Å². The van der Waals surface area contributed by atoms with E-state index in [0.29, 0.717) is 24.0 Å². The zero-order valence-electron chi connectivity index (χ0n) is 19.7. The predicted octanol–water partition coefficient (Wildman–Crippen LogP) is 3.53. The van der Waals surface area contributed by atoms with E-state index in [4.69, 9.17) is 20.2 Å². The summed E-state index contributed by atoms with van der Waals surface area (Å²) in [5, 5.41) is 13.1. The van der Waals surface area contributed by atoms with Crippen LogP contribution in [0.1, 0.15) is 23.6 Å². The lowest BCUT2D eigenvalue weighted by atomic mass is 9.97. The van der Waals surface area contributed by atoms with Crippen LogP contribution in [-0.4, -0.2) is 49.9 Å². The monoisotopic (exact) mass is 466 g/mol. The molecule has 5 aromatic rings. The second kappa shape index (κ2) is 7.32. The molecule has 1 aromatic carbocycles. The van der Waals surface area contributed by atoms with Gasteiger partial charge < -0.3 is 15.2 Å². The van der Waals surface area contributed by atoms with E-state index in [-0.39, 0.29) is 5.41 Å². The molecule has 1 saturated heterocycles. The fraction of sp³-hybridized carbons (Fsp3) is 0.346. The molecule has 9 nitrogen and oxygen atoms in total. The topological polar surface area (TPSA) is 123 Å². The molecule has 3 atom stereocenters. The summed E-state index contributed by atoms with van der Waals surface area (Å²) in [6, 6.07) is 12.2. The normalized spacial score (nSPS) is 23.7. The number of nitrogens with zero attached hydrogens (tertiary/aromatic N) is 6. The molecule has 0 amide bonds. The Kier molecular flexibility index (Phi) is 4.29. The number of pyridine rings is 1. The number of hydrogen-bond donors (Lipinski definition) is 2. The molecule has 35 heavy (non-hydrogen) atoms. The Balaban J connectivity index is 1.20. The van der Waals surface area contributed by atoms with Gasteiger partial charge in [-0.15, -0.1) is 0 Å². The molecule has 0 spiro atoms. The third-order valence-electron chi connectivity index (χ3n) is 7.98. The van der Waals surface area contributed by atoms with Crippen LogP contribution in [0.4, 0.5) is 5.82 Å². The van der Waals surface area contributed by atoms with Crippen molar-refractivity contribution in [1.29, 1.82) is 0 Å². The number of fused-ring (bicyclic) bond motifs is 3. The molecule has 0 bridgehead atoms. The number of aryl methyl sites for hydroxylation is 2. The summed E-state index contributed by atoms with van der Waals surface area (Å²) in [4.78, 5) is 16.7. The van der Waals surface area contributed by atoms with Crippen molar-refractivity contribution in [2.75, 3.05) is 24.5 Å². The molecular weight excluding hydrogens is 440 g/mol. The van der Waals surface area contributed by atoms with Gasteiger partial charge in [-0.05, 0) is 44.2 Å². The van der Waals surface area contributed by atoms with Crippen LogP contribution in [0.5, 0.6) is 0 Å². The molecule has 1 saturated carbocycles. The lowest BCUT2D eigenvalue weighted by Crippen LogP contribution is -2.32. The number of H-pyrrole nitrogens is 1. The predicted molar refractivity (Wildman–Crippen MR) is 133 cm³/mol. The SMILES string of the molecule is Cc1ccc2c(-c3n[nH]c4nc(N5CCC6C(C5)C6(CN)c5cc(C)on5)cnc34)cccc2n1. The first-order chi connectivity index (χ1) is 17.1. The summed E-state index contributed by atoms with van der Waals surface area (Å²) < 4.78 is 5.37. The third-order valence-corrected chi connectivity index (χ3v) is 7.98. The molecule has 2 fully saturated rings. The summed E-state index contributed by atoms with van der Waals surface area (Å²) in [5.41, 5.74) is 12.4. The standard InChI is InChI=1S/C26H26N8O/c1-14-6-7-16-17(4-3-5-20(16)29-14)23-24-25(32-31-23)30-22(11-28-24)34-9-8-18-19(12-34)26(18,13-27)21-10-15(2)35-33-21/h3-7,10-11,18-19H,8-9,12-13,27H2,1-2H3,(H,30,31,32). The van der Waals surface area contributed by atoms with Gasteiger partial charge in [0.15, 0.2) is 5.65 Å². The molecule has 2 aliphatic rings. The van der Waals surface area contributed by atoms with Gasteiger partial charge in [0, 0.05) is 47.8 Å². The largest absolute Gasteiger partial charge is 0.361 e. The number of rotatable bonds is 4. The number of aromatic nitrogens is 6. The van der Waals surface area contributed by atoms with E-state index < -0.39 is 0 Å². The van der Waals surface area contributed by atoms with Crippen molar-refractivity contribution < 1.29 is 4.52 Å². The van der Waals surface area contributed by atoms with Gasteiger partial charge in [0.1, 0.15) is 22.8 Å². The van der Waals surface area contributed by atoms with Gasteiger partial charge in [0.2, 0.25) is 0 Å². The molecule has 4 aromatic heterocycles. The Bertz CT molecular complexity index is 1590. The van der Waals surface area contributed by atoms with E-state index in [1.807, 2.05) is 44.3 Å². The van der Waals surface area contributed by atoms with Crippen LogP contribution in [0, 0.1) is 25.7 Å². The van der Waals surface area contributed by atoms with Crippen molar-refractivity contribution in [3.63, 3.8) is 0 Å². The van der Waals surface area contributed by atoms with Gasteiger partial charge >= 0.3 is 0 Å². The van der Waals surface area contributed by atoms with Crippen LogP contribution in [0.25, 0.3) is 33.3 Å². The van der Waals surface area contributed by atoms with Crippen LogP contribution < -0.4 is 10.6 Å². The molecule has 3 unspecified atom stereocenters. The zero-order valence-corrected chi connectivity index (χ0v) is 19.7. The molecule has 1 aliphatic heterocycles. The maximum absolute atomic E-state index is 6.29. The Morgan fingerprint density at radius 1 is 1.17 bits per heavy atom. The number of benzene rings is 1. The highest BCUT2D eigenvalue weighted by Crippen LogP contribution is 2.62. The molecular formula is C26H26N8O. The quantitative estimate of drug-likeness (QED) is 0.412. The maximum Gasteiger partial charge on any atom is 0.177 e. The van der Waals surface area contributed by atoms with Crippen LogP contribution in [0.3, 0.4) is 0 Å². The van der Waals surface area contributed by atoms with E-state index in [0.717, 1.165) is 70.2 Å². The van der Waals surface area contributed by atoms with E-state index in [2.05, 4.69) is 37.4 Å². The lowest BCUT2D eigenvalue weighted by molar-refractivity contribution is 0.379. The number of nitrogens with two attached hydrogens (primary N) is 1. The fourth-order valence-electron chi connectivity index (χ4n) is 6.15. The second-order valence-electron chi connectivity index (χ2n) is 9.84. The van der Waals surface area contributed by atoms with E-state index in [9.17, 15) is 0 Å². The highest BCUT2D eigenvalue weighted by Gasteiger charge is 2.67. The molecule has 7 rings (SSSR count).